The van der Waals surface area contributed by atoms with Crippen LogP contribution in [0.3, 0.4) is 0 Å². The number of amides is 2. The predicted molar refractivity (Wildman–Crippen MR) is 130 cm³/mol. The van der Waals surface area contributed by atoms with E-state index in [2.05, 4.69) is 101 Å². The third kappa shape index (κ3) is 5.87. The molecule has 0 unspecified atom stereocenters. The number of urea groups is 1. The summed E-state index contributed by atoms with van der Waals surface area (Å²) >= 11 is 0. The zero-order valence-electron chi connectivity index (χ0n) is 19.7. The van der Waals surface area contributed by atoms with E-state index in [9.17, 15) is 4.79 Å². The minimum Gasteiger partial charge on any atom is -0.337 e. The van der Waals surface area contributed by atoms with Crippen LogP contribution in [0.1, 0.15) is 95.8 Å². The highest BCUT2D eigenvalue weighted by molar-refractivity contribution is 5.91. The van der Waals surface area contributed by atoms with Gasteiger partial charge >= 0.3 is 6.03 Å². The molecule has 0 spiro atoms. The number of carbonyl (C=O) groups is 1. The van der Waals surface area contributed by atoms with Gasteiger partial charge in [-0.1, -0.05) is 103 Å². The Kier molecular flexibility index (Phi) is 8.95. The van der Waals surface area contributed by atoms with E-state index in [1.165, 1.54) is 16.7 Å². The van der Waals surface area contributed by atoms with E-state index >= 15 is 0 Å². The van der Waals surface area contributed by atoms with Crippen LogP contribution >= 0.6 is 0 Å². The number of hydrogen-bond donors (Lipinski definition) is 2. The molecule has 2 rings (SSSR count). The molecule has 0 aromatic heterocycles. The summed E-state index contributed by atoms with van der Waals surface area (Å²) in [6, 6.07) is 16.9. The minimum atomic E-state index is -0.113. The number of para-hydroxylation sites is 1. The lowest BCUT2D eigenvalue weighted by Crippen LogP contribution is -2.42. The Balaban J connectivity index is 2.25. The van der Waals surface area contributed by atoms with Crippen LogP contribution < -0.4 is 10.6 Å². The number of carbonyl (C=O) groups excluding carboxylic acids is 1. The van der Waals surface area contributed by atoms with E-state index in [-0.39, 0.29) is 11.4 Å². The van der Waals surface area contributed by atoms with Crippen LogP contribution in [0.5, 0.6) is 0 Å². The number of anilines is 1. The second kappa shape index (κ2) is 11.2. The number of hydrogen-bond acceptors (Lipinski definition) is 1. The second-order valence-corrected chi connectivity index (χ2v) is 9.07. The molecule has 0 aliphatic heterocycles. The van der Waals surface area contributed by atoms with Crippen molar-refractivity contribution < 1.29 is 4.79 Å². The van der Waals surface area contributed by atoms with Gasteiger partial charge in [0.05, 0.1) is 0 Å². The molecule has 30 heavy (non-hydrogen) atoms. The molecule has 0 fully saturated rings. The molecular weight excluding hydrogens is 368 g/mol. The minimum absolute atomic E-state index is 0.0272. The predicted octanol–water partition coefficient (Wildman–Crippen LogP) is 7.59. The van der Waals surface area contributed by atoms with Crippen molar-refractivity contribution in [1.82, 2.24) is 5.32 Å². The van der Waals surface area contributed by atoms with Gasteiger partial charge in [-0.2, -0.15) is 0 Å². The van der Waals surface area contributed by atoms with Gasteiger partial charge in [0.15, 0.2) is 0 Å². The van der Waals surface area contributed by atoms with E-state index in [1.807, 2.05) is 0 Å². The topological polar surface area (TPSA) is 41.1 Å². The Morgan fingerprint density at radius 1 is 0.833 bits per heavy atom. The number of rotatable bonds is 10. The Morgan fingerprint density at radius 3 is 1.83 bits per heavy atom. The van der Waals surface area contributed by atoms with Crippen LogP contribution in [0.15, 0.2) is 48.5 Å². The Labute approximate surface area is 183 Å². The molecule has 0 saturated carbocycles. The third-order valence-corrected chi connectivity index (χ3v) is 6.04. The Morgan fingerprint density at radius 2 is 1.37 bits per heavy atom. The molecule has 0 heterocycles. The molecule has 0 bridgehead atoms. The van der Waals surface area contributed by atoms with Crippen molar-refractivity contribution in [3.8, 4) is 0 Å². The summed E-state index contributed by atoms with van der Waals surface area (Å²) < 4.78 is 0. The first-order chi connectivity index (χ1) is 14.3. The van der Waals surface area contributed by atoms with Gasteiger partial charge in [0.2, 0.25) is 0 Å². The SMILES string of the molecule is CCCC(CCC)(CNC(=O)Nc1c(C(C)C)cccc1C(C)C)c1ccccc1. The quantitative estimate of drug-likeness (QED) is 0.417. The van der Waals surface area contributed by atoms with E-state index < -0.39 is 0 Å². The molecule has 0 aliphatic rings. The van der Waals surface area contributed by atoms with Gasteiger partial charge in [0, 0.05) is 17.6 Å². The first-order valence-electron chi connectivity index (χ1n) is 11.6. The van der Waals surface area contributed by atoms with Crippen molar-refractivity contribution in [2.45, 2.75) is 84.5 Å². The molecule has 0 saturated heterocycles. The van der Waals surface area contributed by atoms with Gasteiger partial charge in [0.1, 0.15) is 0 Å². The largest absolute Gasteiger partial charge is 0.337 e. The monoisotopic (exact) mass is 408 g/mol. The fourth-order valence-electron chi connectivity index (χ4n) is 4.54. The first-order valence-corrected chi connectivity index (χ1v) is 11.6. The molecule has 3 nitrogen and oxygen atoms in total. The van der Waals surface area contributed by atoms with Crippen molar-refractivity contribution in [3.63, 3.8) is 0 Å². The summed E-state index contributed by atoms with van der Waals surface area (Å²) in [6.45, 7) is 13.8. The van der Waals surface area contributed by atoms with Crippen LogP contribution in [0.4, 0.5) is 10.5 Å². The summed E-state index contributed by atoms with van der Waals surface area (Å²) in [5, 5.41) is 6.42. The van der Waals surface area contributed by atoms with Gasteiger partial charge in [0.25, 0.3) is 0 Å². The normalized spacial score (nSPS) is 11.7. The molecule has 2 aromatic rings. The van der Waals surface area contributed by atoms with Gasteiger partial charge in [-0.25, -0.2) is 4.79 Å². The van der Waals surface area contributed by atoms with Gasteiger partial charge in [-0.05, 0) is 41.4 Å². The molecule has 0 atom stereocenters. The van der Waals surface area contributed by atoms with Crippen molar-refractivity contribution in [2.24, 2.45) is 0 Å². The van der Waals surface area contributed by atoms with E-state index in [0.717, 1.165) is 31.4 Å². The molecule has 2 aromatic carbocycles. The summed E-state index contributed by atoms with van der Waals surface area (Å²) in [6.07, 6.45) is 4.30. The fourth-order valence-corrected chi connectivity index (χ4v) is 4.54. The maximum atomic E-state index is 13.0. The van der Waals surface area contributed by atoms with E-state index in [0.29, 0.717) is 18.4 Å². The zero-order chi connectivity index (χ0) is 22.1. The summed E-state index contributed by atoms with van der Waals surface area (Å²) in [5.74, 6) is 0.699. The van der Waals surface area contributed by atoms with Crippen molar-refractivity contribution in [1.29, 1.82) is 0 Å². The third-order valence-electron chi connectivity index (χ3n) is 6.04. The van der Waals surface area contributed by atoms with Crippen molar-refractivity contribution in [2.75, 3.05) is 11.9 Å². The van der Waals surface area contributed by atoms with Gasteiger partial charge in [-0.15, -0.1) is 0 Å². The summed E-state index contributed by atoms with van der Waals surface area (Å²) in [7, 11) is 0. The van der Waals surface area contributed by atoms with Crippen LogP contribution in [-0.4, -0.2) is 12.6 Å². The Hall–Kier alpha value is -2.29. The fraction of sp³-hybridized carbons (Fsp3) is 0.519. The Bertz CT molecular complexity index is 764. The standard InChI is InChI=1S/C27H40N2O/c1-7-17-27(18-8-2,22-13-10-9-11-14-22)19-28-26(30)29-25-23(20(3)4)15-12-16-24(25)21(5)6/h9-16,20-21H,7-8,17-19H2,1-6H3,(H2,28,29,30). The first kappa shape index (κ1) is 24.0. The molecule has 2 amide bonds. The highest BCUT2D eigenvalue weighted by atomic mass is 16.2. The lowest BCUT2D eigenvalue weighted by atomic mass is 9.73. The smallest absolute Gasteiger partial charge is 0.319 e. The highest BCUT2D eigenvalue weighted by Gasteiger charge is 2.31. The second-order valence-electron chi connectivity index (χ2n) is 9.07. The molecule has 3 heteroatoms. The van der Waals surface area contributed by atoms with E-state index in [4.69, 9.17) is 0 Å². The molecule has 164 valence electrons. The maximum Gasteiger partial charge on any atom is 0.319 e. The lowest BCUT2D eigenvalue weighted by molar-refractivity contribution is 0.245. The van der Waals surface area contributed by atoms with Gasteiger partial charge < -0.3 is 10.6 Å². The number of nitrogens with one attached hydrogen (secondary N) is 2. The van der Waals surface area contributed by atoms with Crippen LogP contribution in [0.25, 0.3) is 0 Å². The van der Waals surface area contributed by atoms with Crippen molar-refractivity contribution in [3.05, 3.63) is 65.2 Å². The summed E-state index contributed by atoms with van der Waals surface area (Å²) in [5.41, 5.74) is 4.64. The number of benzene rings is 2. The molecule has 0 radical (unpaired) electrons. The summed E-state index contributed by atoms with van der Waals surface area (Å²) in [4.78, 5) is 13.0. The maximum absolute atomic E-state index is 13.0. The average Bonchev–Trinajstić information content (AvgIpc) is 2.72. The molecule has 0 aliphatic carbocycles. The van der Waals surface area contributed by atoms with Crippen molar-refractivity contribution >= 4 is 11.7 Å². The van der Waals surface area contributed by atoms with Crippen LogP contribution in [0, 0.1) is 0 Å². The zero-order valence-corrected chi connectivity index (χ0v) is 19.7. The molecular formula is C27H40N2O. The van der Waals surface area contributed by atoms with Gasteiger partial charge in [-0.3, -0.25) is 0 Å². The highest BCUT2D eigenvalue weighted by Crippen LogP contribution is 2.35. The molecule has 2 N–H and O–H groups in total. The van der Waals surface area contributed by atoms with Crippen LogP contribution in [0.2, 0.25) is 0 Å². The van der Waals surface area contributed by atoms with Crippen LogP contribution in [-0.2, 0) is 5.41 Å². The van der Waals surface area contributed by atoms with E-state index in [1.54, 1.807) is 0 Å². The average molecular weight is 409 g/mol. The lowest BCUT2D eigenvalue weighted by Gasteiger charge is -2.34.